The van der Waals surface area contributed by atoms with Crippen molar-refractivity contribution in [1.29, 1.82) is 0 Å². The minimum Gasteiger partial charge on any atom is -0.397 e. The molecule has 0 spiro atoms. The Kier molecular flexibility index (Phi) is 3.66. The Balaban J connectivity index is 2.12. The lowest BCUT2D eigenvalue weighted by molar-refractivity contribution is 0.100. The molecule has 98 valence electrons. The molecule has 1 aromatic heterocycles. The lowest BCUT2D eigenvalue weighted by Gasteiger charge is -2.11. The van der Waals surface area contributed by atoms with Gasteiger partial charge in [-0.2, -0.15) is 0 Å². The van der Waals surface area contributed by atoms with Gasteiger partial charge in [-0.05, 0) is 42.3 Å². The Hall–Kier alpha value is -2.56. The maximum Gasteiger partial charge on any atom is 0.248 e. The lowest BCUT2D eigenvalue weighted by atomic mass is 10.1. The third kappa shape index (κ3) is 3.01. The minimum absolute atomic E-state index is 0.403. The topological polar surface area (TPSA) is 94.0 Å². The first kappa shape index (κ1) is 12.9. The summed E-state index contributed by atoms with van der Waals surface area (Å²) in [6.07, 6.45) is 3.57. The van der Waals surface area contributed by atoms with E-state index < -0.39 is 5.91 Å². The molecule has 1 amide bonds. The highest BCUT2D eigenvalue weighted by Gasteiger charge is 2.05. The fraction of sp³-hybridized carbons (Fsp3) is 0.143. The van der Waals surface area contributed by atoms with E-state index in [0.717, 1.165) is 16.8 Å². The van der Waals surface area contributed by atoms with Crippen LogP contribution in [-0.4, -0.2) is 10.9 Å². The Morgan fingerprint density at radius 2 is 2.16 bits per heavy atom. The first-order chi connectivity index (χ1) is 9.08. The monoisotopic (exact) mass is 256 g/mol. The van der Waals surface area contributed by atoms with Crippen LogP contribution in [0.25, 0.3) is 0 Å². The van der Waals surface area contributed by atoms with E-state index in [1.54, 1.807) is 24.4 Å². The number of hydrogen-bond acceptors (Lipinski definition) is 4. The smallest absolute Gasteiger partial charge is 0.248 e. The van der Waals surface area contributed by atoms with Crippen LogP contribution in [-0.2, 0) is 6.54 Å². The van der Waals surface area contributed by atoms with Crippen LogP contribution in [0.2, 0.25) is 0 Å². The Morgan fingerprint density at radius 1 is 1.37 bits per heavy atom. The molecule has 2 aromatic rings. The molecule has 2 rings (SSSR count). The van der Waals surface area contributed by atoms with Crippen LogP contribution in [0.3, 0.4) is 0 Å². The largest absolute Gasteiger partial charge is 0.397 e. The van der Waals surface area contributed by atoms with Gasteiger partial charge in [0.25, 0.3) is 0 Å². The number of amides is 1. The number of carbonyl (C=O) groups is 1. The SMILES string of the molecule is Cc1ccncc1CNc1ccc(C(N)=O)cc1N. The summed E-state index contributed by atoms with van der Waals surface area (Å²) < 4.78 is 0. The van der Waals surface area contributed by atoms with E-state index in [0.29, 0.717) is 17.8 Å². The number of hydrogen-bond donors (Lipinski definition) is 3. The normalized spacial score (nSPS) is 10.2. The molecule has 0 aliphatic carbocycles. The first-order valence-electron chi connectivity index (χ1n) is 5.90. The Labute approximate surface area is 111 Å². The van der Waals surface area contributed by atoms with E-state index in [-0.39, 0.29) is 0 Å². The molecule has 5 nitrogen and oxygen atoms in total. The molecule has 5 heteroatoms. The fourth-order valence-corrected chi connectivity index (χ4v) is 1.75. The van der Waals surface area contributed by atoms with Gasteiger partial charge in [0.05, 0.1) is 11.4 Å². The highest BCUT2D eigenvalue weighted by molar-refractivity contribution is 5.94. The van der Waals surface area contributed by atoms with E-state index in [4.69, 9.17) is 11.5 Å². The number of nitrogens with zero attached hydrogens (tertiary/aromatic N) is 1. The Bertz CT molecular complexity index is 610. The van der Waals surface area contributed by atoms with Gasteiger partial charge < -0.3 is 16.8 Å². The number of primary amides is 1. The average molecular weight is 256 g/mol. The van der Waals surface area contributed by atoms with Crippen molar-refractivity contribution >= 4 is 17.3 Å². The maximum atomic E-state index is 11.0. The number of aryl methyl sites for hydroxylation is 1. The molecular formula is C14H16N4O. The highest BCUT2D eigenvalue weighted by Crippen LogP contribution is 2.20. The van der Waals surface area contributed by atoms with Crippen LogP contribution in [0, 0.1) is 6.92 Å². The van der Waals surface area contributed by atoms with Crippen molar-refractivity contribution in [3.05, 3.63) is 53.3 Å². The van der Waals surface area contributed by atoms with Gasteiger partial charge in [0.1, 0.15) is 0 Å². The summed E-state index contributed by atoms with van der Waals surface area (Å²) in [7, 11) is 0. The second-order valence-corrected chi connectivity index (χ2v) is 4.32. The van der Waals surface area contributed by atoms with E-state index in [1.807, 2.05) is 19.2 Å². The van der Waals surface area contributed by atoms with Gasteiger partial charge in [0.15, 0.2) is 0 Å². The van der Waals surface area contributed by atoms with Crippen molar-refractivity contribution in [2.75, 3.05) is 11.1 Å². The quantitative estimate of drug-likeness (QED) is 0.725. The molecule has 0 saturated heterocycles. The van der Waals surface area contributed by atoms with Crippen LogP contribution in [0.5, 0.6) is 0 Å². The van der Waals surface area contributed by atoms with Gasteiger partial charge in [0.2, 0.25) is 5.91 Å². The molecule has 0 unspecified atom stereocenters. The molecule has 1 heterocycles. The van der Waals surface area contributed by atoms with Gasteiger partial charge in [-0.1, -0.05) is 0 Å². The molecule has 0 atom stereocenters. The highest BCUT2D eigenvalue weighted by atomic mass is 16.1. The second-order valence-electron chi connectivity index (χ2n) is 4.32. The van der Waals surface area contributed by atoms with Crippen LogP contribution in [0.1, 0.15) is 21.5 Å². The number of pyridine rings is 1. The first-order valence-corrected chi connectivity index (χ1v) is 5.90. The number of carbonyl (C=O) groups excluding carboxylic acids is 1. The van der Waals surface area contributed by atoms with Crippen LogP contribution < -0.4 is 16.8 Å². The molecule has 1 aromatic carbocycles. The Morgan fingerprint density at radius 3 is 2.79 bits per heavy atom. The van der Waals surface area contributed by atoms with Crippen molar-refractivity contribution < 1.29 is 4.79 Å². The molecule has 0 aliphatic rings. The van der Waals surface area contributed by atoms with Crippen LogP contribution in [0.15, 0.2) is 36.7 Å². The zero-order valence-corrected chi connectivity index (χ0v) is 10.7. The molecule has 0 bridgehead atoms. The van der Waals surface area contributed by atoms with E-state index in [1.165, 1.54) is 0 Å². The third-order valence-corrected chi connectivity index (χ3v) is 2.95. The molecule has 19 heavy (non-hydrogen) atoms. The summed E-state index contributed by atoms with van der Waals surface area (Å²) in [5.74, 6) is -0.485. The second kappa shape index (κ2) is 5.39. The van der Waals surface area contributed by atoms with E-state index in [9.17, 15) is 4.79 Å². The van der Waals surface area contributed by atoms with Crippen LogP contribution >= 0.6 is 0 Å². The third-order valence-electron chi connectivity index (χ3n) is 2.95. The van der Waals surface area contributed by atoms with Gasteiger partial charge in [-0.3, -0.25) is 9.78 Å². The summed E-state index contributed by atoms with van der Waals surface area (Å²) in [5.41, 5.74) is 15.0. The standard InChI is InChI=1S/C14H16N4O/c1-9-4-5-17-7-11(9)8-18-13-3-2-10(14(16)19)6-12(13)15/h2-7,18H,8,15H2,1H3,(H2,16,19). The molecule has 0 saturated carbocycles. The number of rotatable bonds is 4. The number of aromatic nitrogens is 1. The number of anilines is 2. The van der Waals surface area contributed by atoms with Gasteiger partial charge in [0, 0.05) is 24.5 Å². The molecular weight excluding hydrogens is 240 g/mol. The average Bonchev–Trinajstić information content (AvgIpc) is 2.39. The number of nitrogen functional groups attached to an aromatic ring is 1. The summed E-state index contributed by atoms with van der Waals surface area (Å²) >= 11 is 0. The molecule has 5 N–H and O–H groups in total. The fourth-order valence-electron chi connectivity index (χ4n) is 1.75. The summed E-state index contributed by atoms with van der Waals surface area (Å²) in [6, 6.07) is 6.93. The van der Waals surface area contributed by atoms with Crippen molar-refractivity contribution in [3.8, 4) is 0 Å². The van der Waals surface area contributed by atoms with Crippen molar-refractivity contribution in [2.24, 2.45) is 5.73 Å². The summed E-state index contributed by atoms with van der Waals surface area (Å²) in [6.45, 7) is 2.65. The zero-order chi connectivity index (χ0) is 13.8. The number of benzene rings is 1. The van der Waals surface area contributed by atoms with Gasteiger partial charge in [-0.25, -0.2) is 0 Å². The molecule has 0 aliphatic heterocycles. The minimum atomic E-state index is -0.485. The predicted molar refractivity (Wildman–Crippen MR) is 75.7 cm³/mol. The molecule has 0 radical (unpaired) electrons. The predicted octanol–water partition coefficient (Wildman–Crippen LogP) is 1.68. The zero-order valence-electron chi connectivity index (χ0n) is 10.7. The molecule has 0 fully saturated rings. The number of nitrogens with two attached hydrogens (primary N) is 2. The van der Waals surface area contributed by atoms with Crippen LogP contribution in [0.4, 0.5) is 11.4 Å². The van der Waals surface area contributed by atoms with Gasteiger partial charge in [-0.15, -0.1) is 0 Å². The van der Waals surface area contributed by atoms with E-state index >= 15 is 0 Å². The number of nitrogens with one attached hydrogen (secondary N) is 1. The summed E-state index contributed by atoms with van der Waals surface area (Å²) in [5, 5.41) is 3.22. The lowest BCUT2D eigenvalue weighted by Crippen LogP contribution is -2.12. The van der Waals surface area contributed by atoms with Gasteiger partial charge >= 0.3 is 0 Å². The van der Waals surface area contributed by atoms with E-state index in [2.05, 4.69) is 10.3 Å². The maximum absolute atomic E-state index is 11.0. The van der Waals surface area contributed by atoms with Crippen molar-refractivity contribution in [3.63, 3.8) is 0 Å². The summed E-state index contributed by atoms with van der Waals surface area (Å²) in [4.78, 5) is 15.1. The van der Waals surface area contributed by atoms with Crippen molar-refractivity contribution in [1.82, 2.24) is 4.98 Å². The van der Waals surface area contributed by atoms with Crippen molar-refractivity contribution in [2.45, 2.75) is 13.5 Å².